The number of rotatable bonds is 17. The van der Waals surface area contributed by atoms with Crippen molar-refractivity contribution in [3.8, 4) is 0 Å². The van der Waals surface area contributed by atoms with Crippen LogP contribution in [0.3, 0.4) is 0 Å². The van der Waals surface area contributed by atoms with Crippen molar-refractivity contribution in [1.29, 1.82) is 0 Å². The van der Waals surface area contributed by atoms with Crippen LogP contribution in [0, 0.1) is 12.8 Å². The summed E-state index contributed by atoms with van der Waals surface area (Å²) in [4.78, 5) is 23.9. The van der Waals surface area contributed by atoms with E-state index in [1.807, 2.05) is 61.5 Å². The minimum Gasteiger partial charge on any atom is -0.359 e. The monoisotopic (exact) mass is 778 g/mol. The molecule has 0 saturated heterocycles. The van der Waals surface area contributed by atoms with Crippen molar-refractivity contribution in [2.75, 3.05) is 30.3 Å². The summed E-state index contributed by atoms with van der Waals surface area (Å²) >= 11 is 5.08. The van der Waals surface area contributed by atoms with Gasteiger partial charge in [0.1, 0.15) is 0 Å². The van der Waals surface area contributed by atoms with E-state index in [1.165, 1.54) is 33.6 Å². The van der Waals surface area contributed by atoms with Gasteiger partial charge < -0.3 is 16.0 Å². The zero-order valence-electron chi connectivity index (χ0n) is 32.4. The van der Waals surface area contributed by atoms with Gasteiger partial charge in [0.05, 0.1) is 15.9 Å². The number of amides is 1. The summed E-state index contributed by atoms with van der Waals surface area (Å²) in [5, 5.41) is 13.9. The van der Waals surface area contributed by atoms with Crippen LogP contribution < -0.4 is 16.0 Å². The van der Waals surface area contributed by atoms with E-state index < -0.39 is 0 Å². The molecule has 10 heteroatoms. The van der Waals surface area contributed by atoms with Crippen LogP contribution in [-0.2, 0) is 0 Å². The average molecular weight is 779 g/mol. The second-order valence-corrected chi connectivity index (χ2v) is 17.0. The van der Waals surface area contributed by atoms with Crippen LogP contribution in [0.4, 0.5) is 16.0 Å². The molecule has 54 heavy (non-hydrogen) atoms. The van der Waals surface area contributed by atoms with Crippen LogP contribution in [-0.4, -0.2) is 45.9 Å². The standard InChI is InChI=1S/C37H46N6OS3.C7H8/c1-6-8-11-27(20-26(5)7-2)33-24-45-36(42-33)40-30-13-9-12-28(21-30)35(44)38-18-10-19-43(23-25(3)4)47-31-16-17-32-34(22-31)46-37(41-32)39-29-14-15-29;1-7-5-3-2-4-6-7/h6,8-9,11-13,16-17,20-22,24-25,29H,7,10,14-15,18-19,23H2,1-5H3,(H,38,44)(H,39,41)(H,40,42);2-6H,1H3/b8-6-,26-20?,27-11+;. The zero-order chi connectivity index (χ0) is 38.3. The van der Waals surface area contributed by atoms with E-state index in [4.69, 9.17) is 9.97 Å². The van der Waals surface area contributed by atoms with E-state index in [-0.39, 0.29) is 5.91 Å². The van der Waals surface area contributed by atoms with Gasteiger partial charge in [-0.1, -0.05) is 104 Å². The van der Waals surface area contributed by atoms with Crippen molar-refractivity contribution in [1.82, 2.24) is 19.6 Å². The second-order valence-electron chi connectivity index (χ2n) is 13.9. The quantitative estimate of drug-likeness (QED) is 0.0492. The minimum absolute atomic E-state index is 0.0699. The Kier molecular flexibility index (Phi) is 15.9. The summed E-state index contributed by atoms with van der Waals surface area (Å²) in [7, 11) is 0. The van der Waals surface area contributed by atoms with Gasteiger partial charge in [-0.05, 0) is 101 Å². The number of thiazole rings is 2. The Balaban J connectivity index is 0.000000719. The van der Waals surface area contributed by atoms with Gasteiger partial charge in [0.2, 0.25) is 0 Å². The van der Waals surface area contributed by atoms with E-state index in [0.717, 1.165) is 58.7 Å². The van der Waals surface area contributed by atoms with Crippen LogP contribution in [0.1, 0.15) is 81.9 Å². The first-order valence-electron chi connectivity index (χ1n) is 18.9. The van der Waals surface area contributed by atoms with Crippen molar-refractivity contribution in [2.45, 2.75) is 78.2 Å². The van der Waals surface area contributed by atoms with Gasteiger partial charge in [-0.2, -0.15) is 0 Å². The third-order valence-corrected chi connectivity index (χ3v) is 11.2. The predicted octanol–water partition coefficient (Wildman–Crippen LogP) is 12.2. The molecule has 7 nitrogen and oxygen atoms in total. The molecule has 284 valence electrons. The van der Waals surface area contributed by atoms with E-state index in [9.17, 15) is 4.79 Å². The number of carbonyl (C=O) groups excluding carboxylic acids is 1. The Morgan fingerprint density at radius 1 is 1.04 bits per heavy atom. The highest BCUT2D eigenvalue weighted by Crippen LogP contribution is 2.34. The SMILES string of the molecule is C/C=C\C=C(/C=C(C)CC)c1csc(Nc2cccc(C(=O)NCCCN(CC(C)C)Sc3ccc4nc(NC5CC5)sc4c3)c2)n1.Cc1ccccc1. The molecule has 1 aliphatic rings. The van der Waals surface area contributed by atoms with Crippen LogP contribution in [0.2, 0.25) is 0 Å². The number of aryl methyl sites for hydroxylation is 1. The maximum Gasteiger partial charge on any atom is 0.251 e. The van der Waals surface area contributed by atoms with Gasteiger partial charge >= 0.3 is 0 Å². The number of carbonyl (C=O) groups is 1. The predicted molar refractivity (Wildman–Crippen MR) is 235 cm³/mol. The normalized spacial score (nSPS) is 13.4. The third kappa shape index (κ3) is 13.6. The molecule has 1 aliphatic carbocycles. The molecule has 0 radical (unpaired) electrons. The van der Waals surface area contributed by atoms with Gasteiger partial charge in [-0.25, -0.2) is 14.3 Å². The van der Waals surface area contributed by atoms with Crippen molar-refractivity contribution in [2.24, 2.45) is 5.92 Å². The smallest absolute Gasteiger partial charge is 0.251 e. The maximum absolute atomic E-state index is 13.1. The number of aromatic nitrogens is 2. The lowest BCUT2D eigenvalue weighted by atomic mass is 10.1. The molecular formula is C44H54N6OS3. The summed E-state index contributed by atoms with van der Waals surface area (Å²) in [6.07, 6.45) is 12.7. The van der Waals surface area contributed by atoms with E-state index in [0.29, 0.717) is 24.1 Å². The highest BCUT2D eigenvalue weighted by atomic mass is 32.2. The fourth-order valence-electron chi connectivity index (χ4n) is 5.35. The van der Waals surface area contributed by atoms with Gasteiger partial charge in [0.25, 0.3) is 5.91 Å². The molecule has 0 unspecified atom stereocenters. The third-order valence-electron chi connectivity index (χ3n) is 8.48. The highest BCUT2D eigenvalue weighted by molar-refractivity contribution is 7.97. The molecule has 5 aromatic rings. The molecule has 3 aromatic carbocycles. The Morgan fingerprint density at radius 2 is 1.85 bits per heavy atom. The average Bonchev–Trinajstić information content (AvgIpc) is 3.70. The Bertz CT molecular complexity index is 2030. The molecule has 1 saturated carbocycles. The lowest BCUT2D eigenvalue weighted by molar-refractivity contribution is 0.0952. The molecule has 2 aromatic heterocycles. The Morgan fingerprint density at radius 3 is 2.56 bits per heavy atom. The molecule has 2 heterocycles. The molecule has 3 N–H and O–H groups in total. The molecule has 0 aliphatic heterocycles. The number of nitrogens with zero attached hydrogens (tertiary/aromatic N) is 3. The molecule has 0 spiro atoms. The van der Waals surface area contributed by atoms with Gasteiger partial charge in [-0.3, -0.25) is 4.79 Å². The van der Waals surface area contributed by atoms with Gasteiger partial charge in [0, 0.05) is 52.8 Å². The lowest BCUT2D eigenvalue weighted by Crippen LogP contribution is -2.28. The lowest BCUT2D eigenvalue weighted by Gasteiger charge is -2.23. The van der Waals surface area contributed by atoms with Crippen LogP contribution in [0.25, 0.3) is 15.8 Å². The van der Waals surface area contributed by atoms with Crippen molar-refractivity contribution in [3.63, 3.8) is 0 Å². The van der Waals surface area contributed by atoms with Crippen molar-refractivity contribution < 1.29 is 4.79 Å². The fourth-order valence-corrected chi connectivity index (χ4v) is 8.34. The molecular weight excluding hydrogens is 725 g/mol. The number of hydrogen-bond acceptors (Lipinski definition) is 9. The molecule has 1 fully saturated rings. The summed E-state index contributed by atoms with van der Waals surface area (Å²) < 4.78 is 3.63. The van der Waals surface area contributed by atoms with Gasteiger partial charge in [0.15, 0.2) is 10.3 Å². The number of anilines is 3. The summed E-state index contributed by atoms with van der Waals surface area (Å²) in [6.45, 7) is 15.3. The summed E-state index contributed by atoms with van der Waals surface area (Å²) in [5.74, 6) is 0.468. The maximum atomic E-state index is 13.1. The van der Waals surface area contributed by atoms with Crippen LogP contribution >= 0.6 is 34.6 Å². The zero-order valence-corrected chi connectivity index (χ0v) is 34.8. The molecule has 0 bridgehead atoms. The van der Waals surface area contributed by atoms with Crippen LogP contribution in [0.15, 0.2) is 113 Å². The minimum atomic E-state index is -0.0699. The van der Waals surface area contributed by atoms with Crippen LogP contribution in [0.5, 0.6) is 0 Å². The first-order chi connectivity index (χ1) is 26.2. The molecule has 1 amide bonds. The number of hydrogen-bond donors (Lipinski definition) is 3. The largest absolute Gasteiger partial charge is 0.359 e. The topological polar surface area (TPSA) is 82.2 Å². The summed E-state index contributed by atoms with van der Waals surface area (Å²) in [5.41, 5.74) is 7.16. The molecule has 6 rings (SSSR count). The first-order valence-corrected chi connectivity index (χ1v) is 21.4. The van der Waals surface area contributed by atoms with Gasteiger partial charge in [-0.15, -0.1) is 11.3 Å². The van der Waals surface area contributed by atoms with E-state index >= 15 is 0 Å². The second kappa shape index (κ2) is 21.0. The molecule has 0 atom stereocenters. The summed E-state index contributed by atoms with van der Waals surface area (Å²) in [6, 6.07) is 25.0. The number of allylic oxidation sites excluding steroid dienone is 6. The highest BCUT2D eigenvalue weighted by Gasteiger charge is 2.22. The van der Waals surface area contributed by atoms with Crippen molar-refractivity contribution in [3.05, 3.63) is 125 Å². The van der Waals surface area contributed by atoms with E-state index in [1.54, 1.807) is 34.6 Å². The number of fused-ring (bicyclic) bond motifs is 1. The van der Waals surface area contributed by atoms with Crippen molar-refractivity contribution >= 4 is 72.3 Å². The van der Waals surface area contributed by atoms with E-state index in [2.05, 4.69) is 103 Å². The Labute approximate surface area is 334 Å². The Hall–Kier alpha value is -4.22. The first kappa shape index (κ1) is 41.0. The number of nitrogens with one attached hydrogen (secondary N) is 3. The fraction of sp³-hybridized carbons (Fsp3) is 0.341. The number of benzene rings is 3.